The maximum Gasteiger partial charge on any atom is 0.283 e. The van der Waals surface area contributed by atoms with E-state index in [4.69, 9.17) is 0 Å². The van der Waals surface area contributed by atoms with Crippen molar-refractivity contribution >= 4 is 31.5 Å². The Kier molecular flexibility index (Phi) is 4.64. The van der Waals surface area contributed by atoms with Gasteiger partial charge in [0.25, 0.3) is 5.56 Å². The first-order valence-electron chi connectivity index (χ1n) is 6.36. The average Bonchev–Trinajstić information content (AvgIpc) is 2.74. The highest BCUT2D eigenvalue weighted by molar-refractivity contribution is 9.10. The van der Waals surface area contributed by atoms with E-state index < -0.39 is 9.84 Å². The molecule has 2 rings (SSSR count). The van der Waals surface area contributed by atoms with Crippen molar-refractivity contribution in [2.75, 3.05) is 11.1 Å². The number of hydrogen-bond acceptors (Lipinski definition) is 5. The molecule has 1 atom stereocenters. The number of aryl methyl sites for hydroxylation is 1. The number of anilines is 1. The standard InChI is InChI=1S/C12H16BrN3O3S/c1-2-3-5-16-12(17)11(13)10(7-14-16)15-9-4-6-20(18,19)8-9/h4,6-7,9,15H,2-3,5,8H2,1H3. The van der Waals surface area contributed by atoms with Gasteiger partial charge in [-0.25, -0.2) is 13.1 Å². The Balaban J connectivity index is 2.16. The van der Waals surface area contributed by atoms with Crippen LogP contribution in [-0.4, -0.2) is 30.0 Å². The summed E-state index contributed by atoms with van der Waals surface area (Å²) in [7, 11) is -3.12. The fourth-order valence-electron chi connectivity index (χ4n) is 1.90. The van der Waals surface area contributed by atoms with Crippen LogP contribution in [0.25, 0.3) is 0 Å². The van der Waals surface area contributed by atoms with Gasteiger partial charge in [-0.1, -0.05) is 19.4 Å². The second-order valence-electron chi connectivity index (χ2n) is 4.66. The smallest absolute Gasteiger partial charge is 0.283 e. The number of hydrogen-bond donors (Lipinski definition) is 1. The molecular weight excluding hydrogens is 346 g/mol. The predicted octanol–water partition coefficient (Wildman–Crippen LogP) is 1.53. The summed E-state index contributed by atoms with van der Waals surface area (Å²) in [4.78, 5) is 12.1. The van der Waals surface area contributed by atoms with Gasteiger partial charge in [-0.2, -0.15) is 5.10 Å². The molecule has 6 nitrogen and oxygen atoms in total. The van der Waals surface area contributed by atoms with Crippen molar-refractivity contribution in [1.29, 1.82) is 0 Å². The SMILES string of the molecule is CCCCn1ncc(NC2C=CS(=O)(=O)C2)c(Br)c1=O. The molecule has 0 amide bonds. The zero-order valence-corrected chi connectivity index (χ0v) is 13.4. The minimum absolute atomic E-state index is 0.00163. The van der Waals surface area contributed by atoms with Crippen LogP contribution in [0.3, 0.4) is 0 Å². The summed E-state index contributed by atoms with van der Waals surface area (Å²) < 4.78 is 24.4. The number of nitrogens with zero attached hydrogens (tertiary/aromatic N) is 2. The number of nitrogens with one attached hydrogen (secondary N) is 1. The molecule has 110 valence electrons. The topological polar surface area (TPSA) is 81.1 Å². The van der Waals surface area contributed by atoms with Crippen LogP contribution in [0.5, 0.6) is 0 Å². The van der Waals surface area contributed by atoms with E-state index in [2.05, 4.69) is 26.3 Å². The summed E-state index contributed by atoms with van der Waals surface area (Å²) >= 11 is 3.25. The fourth-order valence-corrected chi connectivity index (χ4v) is 3.56. The molecular formula is C12H16BrN3O3S. The fraction of sp³-hybridized carbons (Fsp3) is 0.500. The second kappa shape index (κ2) is 6.09. The Labute approximate surface area is 125 Å². The van der Waals surface area contributed by atoms with Crippen molar-refractivity contribution in [3.63, 3.8) is 0 Å². The first-order valence-corrected chi connectivity index (χ1v) is 8.87. The first-order chi connectivity index (χ1) is 9.43. The highest BCUT2D eigenvalue weighted by atomic mass is 79.9. The van der Waals surface area contributed by atoms with Crippen LogP contribution in [0.15, 0.2) is 26.9 Å². The van der Waals surface area contributed by atoms with E-state index >= 15 is 0 Å². The van der Waals surface area contributed by atoms with Crippen LogP contribution in [0.4, 0.5) is 5.69 Å². The third-order valence-electron chi connectivity index (χ3n) is 2.98. The predicted molar refractivity (Wildman–Crippen MR) is 81.4 cm³/mol. The monoisotopic (exact) mass is 361 g/mol. The van der Waals surface area contributed by atoms with E-state index in [0.29, 0.717) is 16.7 Å². The van der Waals surface area contributed by atoms with Crippen LogP contribution in [0, 0.1) is 0 Å². The summed E-state index contributed by atoms with van der Waals surface area (Å²) in [6, 6.07) is -0.330. The van der Waals surface area contributed by atoms with Crippen LogP contribution >= 0.6 is 15.9 Å². The van der Waals surface area contributed by atoms with E-state index in [1.807, 2.05) is 6.92 Å². The largest absolute Gasteiger partial charge is 0.375 e. The number of unbranched alkanes of at least 4 members (excludes halogenated alkanes) is 1. The molecule has 0 aliphatic carbocycles. The lowest BCUT2D eigenvalue weighted by Gasteiger charge is -2.13. The molecule has 0 aromatic carbocycles. The molecule has 1 aromatic rings. The molecule has 1 N–H and O–H groups in total. The van der Waals surface area contributed by atoms with Crippen molar-refractivity contribution in [2.24, 2.45) is 0 Å². The molecule has 0 fully saturated rings. The van der Waals surface area contributed by atoms with Gasteiger partial charge >= 0.3 is 0 Å². The van der Waals surface area contributed by atoms with Gasteiger partial charge < -0.3 is 5.32 Å². The molecule has 1 aliphatic heterocycles. The molecule has 20 heavy (non-hydrogen) atoms. The molecule has 1 unspecified atom stereocenters. The second-order valence-corrected chi connectivity index (χ2v) is 7.39. The Morgan fingerprint density at radius 3 is 2.90 bits per heavy atom. The van der Waals surface area contributed by atoms with Gasteiger partial charge in [0.2, 0.25) is 0 Å². The molecule has 0 saturated carbocycles. The zero-order chi connectivity index (χ0) is 14.8. The van der Waals surface area contributed by atoms with Crippen molar-refractivity contribution in [3.05, 3.63) is 32.5 Å². The van der Waals surface area contributed by atoms with Crippen molar-refractivity contribution in [1.82, 2.24) is 9.78 Å². The van der Waals surface area contributed by atoms with Crippen molar-refractivity contribution in [2.45, 2.75) is 32.4 Å². The van der Waals surface area contributed by atoms with E-state index in [9.17, 15) is 13.2 Å². The van der Waals surface area contributed by atoms with E-state index in [0.717, 1.165) is 12.8 Å². The highest BCUT2D eigenvalue weighted by Crippen LogP contribution is 2.20. The Morgan fingerprint density at radius 1 is 1.55 bits per heavy atom. The number of rotatable bonds is 5. The van der Waals surface area contributed by atoms with Crippen LogP contribution in [0.2, 0.25) is 0 Å². The van der Waals surface area contributed by atoms with Crippen LogP contribution in [-0.2, 0) is 16.4 Å². The summed E-state index contributed by atoms with van der Waals surface area (Å²) in [5.41, 5.74) is 0.294. The summed E-state index contributed by atoms with van der Waals surface area (Å²) in [6.07, 6.45) is 4.98. The first kappa shape index (κ1) is 15.2. The third-order valence-corrected chi connectivity index (χ3v) is 5.14. The zero-order valence-electron chi connectivity index (χ0n) is 11.0. The van der Waals surface area contributed by atoms with Gasteiger partial charge in [-0.05, 0) is 22.4 Å². The number of aromatic nitrogens is 2. The lowest BCUT2D eigenvalue weighted by molar-refractivity contribution is 0.541. The Morgan fingerprint density at radius 2 is 2.30 bits per heavy atom. The number of sulfone groups is 1. The molecule has 0 radical (unpaired) electrons. The lowest BCUT2D eigenvalue weighted by Crippen LogP contribution is -2.27. The Hall–Kier alpha value is -1.15. The molecule has 1 aromatic heterocycles. The van der Waals surface area contributed by atoms with Gasteiger partial charge in [0, 0.05) is 12.0 Å². The summed E-state index contributed by atoms with van der Waals surface area (Å²) in [5, 5.41) is 8.28. The molecule has 1 aliphatic rings. The van der Waals surface area contributed by atoms with E-state index in [1.165, 1.54) is 10.1 Å². The summed E-state index contributed by atoms with van der Waals surface area (Å²) in [6.45, 7) is 2.62. The molecule has 8 heteroatoms. The van der Waals surface area contributed by atoms with Gasteiger partial charge in [-0.15, -0.1) is 0 Å². The van der Waals surface area contributed by atoms with E-state index in [-0.39, 0.29) is 17.4 Å². The minimum Gasteiger partial charge on any atom is -0.375 e. The normalized spacial score (nSPS) is 20.2. The quantitative estimate of drug-likeness (QED) is 0.859. The Bertz CT molecular complexity index is 682. The molecule has 0 spiro atoms. The van der Waals surface area contributed by atoms with Gasteiger partial charge in [0.1, 0.15) is 4.47 Å². The number of halogens is 1. The molecule has 0 saturated heterocycles. The maximum absolute atomic E-state index is 12.1. The van der Waals surface area contributed by atoms with Crippen molar-refractivity contribution < 1.29 is 8.42 Å². The highest BCUT2D eigenvalue weighted by Gasteiger charge is 2.22. The molecule has 0 bridgehead atoms. The van der Waals surface area contributed by atoms with Gasteiger partial charge in [0.15, 0.2) is 9.84 Å². The van der Waals surface area contributed by atoms with Gasteiger partial charge in [0.05, 0.1) is 23.7 Å². The van der Waals surface area contributed by atoms with E-state index in [1.54, 1.807) is 12.3 Å². The van der Waals surface area contributed by atoms with Crippen LogP contribution < -0.4 is 10.9 Å². The van der Waals surface area contributed by atoms with Crippen LogP contribution in [0.1, 0.15) is 19.8 Å². The van der Waals surface area contributed by atoms with Crippen molar-refractivity contribution in [3.8, 4) is 0 Å². The third kappa shape index (κ3) is 3.49. The van der Waals surface area contributed by atoms with Gasteiger partial charge in [-0.3, -0.25) is 4.79 Å². The molecule has 2 heterocycles. The minimum atomic E-state index is -3.12. The maximum atomic E-state index is 12.1. The lowest BCUT2D eigenvalue weighted by atomic mass is 10.3. The average molecular weight is 362 g/mol. The summed E-state index contributed by atoms with van der Waals surface area (Å²) in [5.74, 6) is -0.00163.